The van der Waals surface area contributed by atoms with Crippen LogP contribution in [0.2, 0.25) is 0 Å². The third-order valence-electron chi connectivity index (χ3n) is 3.55. The highest BCUT2D eigenvalue weighted by atomic mass is 16.3. The number of rotatable bonds is 12. The van der Waals surface area contributed by atoms with Crippen molar-refractivity contribution in [2.45, 2.75) is 71.6 Å². The maximum atomic E-state index is 8.50. The monoisotopic (exact) mass is 292 g/mol. The third kappa shape index (κ3) is 12.9. The predicted octanol–water partition coefficient (Wildman–Crippen LogP) is 2.48. The van der Waals surface area contributed by atoms with Gasteiger partial charge in [0.1, 0.15) is 0 Å². The minimum atomic E-state index is -1.11. The molecule has 0 aliphatic carbocycles. The number of unbranched alkanes of at least 4 members (excludes halogenated alkanes) is 8. The van der Waals surface area contributed by atoms with Crippen LogP contribution in [0.3, 0.4) is 0 Å². The summed E-state index contributed by atoms with van der Waals surface area (Å²) in [5.74, 6) is 0. The van der Waals surface area contributed by atoms with Crippen molar-refractivity contribution < 1.29 is 20.4 Å². The molecule has 0 aromatic rings. The predicted molar refractivity (Wildman–Crippen MR) is 83.7 cm³/mol. The van der Waals surface area contributed by atoms with Gasteiger partial charge in [0.25, 0.3) is 0 Å². The average Bonchev–Trinajstić information content (AvgIpc) is 2.50. The van der Waals surface area contributed by atoms with E-state index in [0.29, 0.717) is 0 Å². The van der Waals surface area contributed by atoms with Crippen LogP contribution >= 0.6 is 0 Å². The van der Waals surface area contributed by atoms with Crippen molar-refractivity contribution in [3.8, 4) is 0 Å². The molecule has 0 rings (SSSR count). The van der Waals surface area contributed by atoms with Crippen LogP contribution in [-0.2, 0) is 0 Å². The van der Waals surface area contributed by atoms with Crippen LogP contribution in [0.25, 0.3) is 0 Å². The van der Waals surface area contributed by atoms with E-state index in [4.69, 9.17) is 20.4 Å². The highest BCUT2D eigenvalue weighted by Crippen LogP contribution is 2.12. The standard InChI is InChI=1S/C11H24.C5H12O4/c1-3-5-7-9-11-10-8-6-4-2;6-1-5(2-7,3-8)4-9/h3-11H2,1-2H3;6-9H,1-4H2. The molecule has 0 saturated carbocycles. The summed E-state index contributed by atoms with van der Waals surface area (Å²) in [4.78, 5) is 0. The van der Waals surface area contributed by atoms with Crippen molar-refractivity contribution in [1.82, 2.24) is 0 Å². The average molecular weight is 292 g/mol. The molecular formula is C16H36O4. The van der Waals surface area contributed by atoms with Crippen molar-refractivity contribution in [2.75, 3.05) is 26.4 Å². The summed E-state index contributed by atoms with van der Waals surface area (Å²) in [7, 11) is 0. The van der Waals surface area contributed by atoms with E-state index in [9.17, 15) is 0 Å². The Labute approximate surface area is 124 Å². The quantitative estimate of drug-likeness (QED) is 0.417. The molecule has 4 nitrogen and oxygen atoms in total. The molecular weight excluding hydrogens is 256 g/mol. The van der Waals surface area contributed by atoms with Crippen LogP contribution in [0, 0.1) is 5.41 Å². The van der Waals surface area contributed by atoms with Gasteiger partial charge < -0.3 is 20.4 Å². The van der Waals surface area contributed by atoms with Gasteiger partial charge in [-0.05, 0) is 0 Å². The van der Waals surface area contributed by atoms with E-state index in [1.807, 2.05) is 0 Å². The topological polar surface area (TPSA) is 80.9 Å². The fraction of sp³-hybridized carbons (Fsp3) is 1.00. The van der Waals surface area contributed by atoms with E-state index in [-0.39, 0.29) is 0 Å². The molecule has 20 heavy (non-hydrogen) atoms. The van der Waals surface area contributed by atoms with Crippen molar-refractivity contribution in [1.29, 1.82) is 0 Å². The lowest BCUT2D eigenvalue weighted by Gasteiger charge is -2.23. The maximum absolute atomic E-state index is 8.50. The molecule has 0 bridgehead atoms. The summed E-state index contributed by atoms with van der Waals surface area (Å²) in [6.45, 7) is 2.92. The van der Waals surface area contributed by atoms with Gasteiger partial charge >= 0.3 is 0 Å². The van der Waals surface area contributed by atoms with Crippen LogP contribution in [-0.4, -0.2) is 46.9 Å². The Hall–Kier alpha value is -0.160. The van der Waals surface area contributed by atoms with Gasteiger partial charge in [-0.3, -0.25) is 0 Å². The van der Waals surface area contributed by atoms with Crippen LogP contribution < -0.4 is 0 Å². The van der Waals surface area contributed by atoms with Gasteiger partial charge in [-0.2, -0.15) is 0 Å². The summed E-state index contributed by atoms with van der Waals surface area (Å²) >= 11 is 0. The second kappa shape index (κ2) is 16.9. The Morgan fingerprint density at radius 2 is 0.750 bits per heavy atom. The van der Waals surface area contributed by atoms with Gasteiger partial charge in [-0.15, -0.1) is 0 Å². The summed E-state index contributed by atoms with van der Waals surface area (Å²) in [6.07, 6.45) is 13.0. The zero-order valence-electron chi connectivity index (χ0n) is 13.5. The van der Waals surface area contributed by atoms with Crippen LogP contribution in [0.15, 0.2) is 0 Å². The minimum absolute atomic E-state index is 0.406. The van der Waals surface area contributed by atoms with Gasteiger partial charge in [0, 0.05) is 0 Å². The molecule has 0 aromatic carbocycles. The van der Waals surface area contributed by atoms with Crippen LogP contribution in [0.4, 0.5) is 0 Å². The second-order valence-electron chi connectivity index (χ2n) is 5.61. The van der Waals surface area contributed by atoms with Crippen molar-refractivity contribution in [3.05, 3.63) is 0 Å². The molecule has 124 valence electrons. The molecule has 0 spiro atoms. The Morgan fingerprint density at radius 1 is 0.500 bits per heavy atom. The molecule has 0 aromatic heterocycles. The lowest BCUT2D eigenvalue weighted by molar-refractivity contribution is -0.0328. The second-order valence-corrected chi connectivity index (χ2v) is 5.61. The number of hydrogen-bond acceptors (Lipinski definition) is 4. The Bertz CT molecular complexity index is 144. The SMILES string of the molecule is CCCCCCCCCCC.OCC(CO)(CO)CO. The largest absolute Gasteiger partial charge is 0.396 e. The fourth-order valence-corrected chi connectivity index (χ4v) is 1.68. The van der Waals surface area contributed by atoms with E-state index in [1.165, 1.54) is 57.8 Å². The normalized spacial score (nSPS) is 11.1. The van der Waals surface area contributed by atoms with Crippen molar-refractivity contribution in [2.24, 2.45) is 5.41 Å². The molecule has 0 unspecified atom stereocenters. The molecule has 0 fully saturated rings. The van der Waals surface area contributed by atoms with Gasteiger partial charge in [-0.1, -0.05) is 71.6 Å². The molecule has 0 amide bonds. The van der Waals surface area contributed by atoms with Gasteiger partial charge in [0.2, 0.25) is 0 Å². The first kappa shape index (κ1) is 22.1. The number of aliphatic hydroxyl groups excluding tert-OH is 4. The first-order valence-electron chi connectivity index (χ1n) is 8.09. The Balaban J connectivity index is 0. The van der Waals surface area contributed by atoms with E-state index in [2.05, 4.69) is 13.8 Å². The van der Waals surface area contributed by atoms with Crippen LogP contribution in [0.1, 0.15) is 71.6 Å². The summed E-state index contributed by atoms with van der Waals surface area (Å²) in [5, 5.41) is 34.0. The highest BCUT2D eigenvalue weighted by molar-refractivity contribution is 4.74. The smallest absolute Gasteiger partial charge is 0.0627 e. The maximum Gasteiger partial charge on any atom is 0.0627 e. The first-order chi connectivity index (χ1) is 9.66. The molecule has 0 aliphatic rings. The molecule has 0 aliphatic heterocycles. The van der Waals surface area contributed by atoms with Gasteiger partial charge in [0.05, 0.1) is 31.8 Å². The highest BCUT2D eigenvalue weighted by Gasteiger charge is 2.26. The molecule has 0 atom stereocenters. The van der Waals surface area contributed by atoms with E-state index in [1.54, 1.807) is 0 Å². The van der Waals surface area contributed by atoms with E-state index < -0.39 is 31.8 Å². The van der Waals surface area contributed by atoms with E-state index in [0.717, 1.165) is 0 Å². The first-order valence-corrected chi connectivity index (χ1v) is 8.09. The van der Waals surface area contributed by atoms with E-state index >= 15 is 0 Å². The molecule has 0 heterocycles. The fourth-order valence-electron chi connectivity index (χ4n) is 1.68. The third-order valence-corrected chi connectivity index (χ3v) is 3.55. The lowest BCUT2D eigenvalue weighted by atomic mass is 9.93. The molecule has 4 N–H and O–H groups in total. The zero-order chi connectivity index (χ0) is 15.7. The molecule has 0 radical (unpaired) electrons. The number of aliphatic hydroxyl groups is 4. The molecule has 4 heteroatoms. The number of hydrogen-bond donors (Lipinski definition) is 4. The van der Waals surface area contributed by atoms with Crippen molar-refractivity contribution in [3.63, 3.8) is 0 Å². The Morgan fingerprint density at radius 3 is 0.900 bits per heavy atom. The van der Waals surface area contributed by atoms with Crippen LogP contribution in [0.5, 0.6) is 0 Å². The van der Waals surface area contributed by atoms with Gasteiger partial charge in [-0.25, -0.2) is 0 Å². The van der Waals surface area contributed by atoms with Gasteiger partial charge in [0.15, 0.2) is 0 Å². The summed E-state index contributed by atoms with van der Waals surface area (Å²) < 4.78 is 0. The summed E-state index contributed by atoms with van der Waals surface area (Å²) in [6, 6.07) is 0. The lowest BCUT2D eigenvalue weighted by Crippen LogP contribution is -2.37. The minimum Gasteiger partial charge on any atom is -0.396 e. The van der Waals surface area contributed by atoms with Crippen molar-refractivity contribution >= 4 is 0 Å². The zero-order valence-corrected chi connectivity index (χ0v) is 13.5. The summed E-state index contributed by atoms with van der Waals surface area (Å²) in [5.41, 5.74) is -1.11. The molecule has 0 saturated heterocycles. The Kier molecular flexibility index (Phi) is 18.7.